The summed E-state index contributed by atoms with van der Waals surface area (Å²) >= 11 is 0. The average Bonchev–Trinajstić information content (AvgIpc) is 3.07. The minimum Gasteiger partial charge on any atom is -0.481 e. The number of nitrogens with zero attached hydrogens (tertiary/aromatic N) is 3. The standard InChI is InChI=1S/C17H21N3O2/c1-12-5-3-4-6-13(12)14-9-20(10-15(14)17(21)22)11-16-18-7-8-19(16)2/h3-8,14-15H,9-11H2,1-2H3,(H,21,22)/t14-,15+/m1/s1. The fourth-order valence-electron chi connectivity index (χ4n) is 3.33. The third-order valence-electron chi connectivity index (χ3n) is 4.59. The van der Waals surface area contributed by atoms with E-state index in [4.69, 9.17) is 0 Å². The number of likely N-dealkylation sites (tertiary alicyclic amines) is 1. The highest BCUT2D eigenvalue weighted by atomic mass is 16.4. The van der Waals surface area contributed by atoms with Crippen LogP contribution in [0.1, 0.15) is 22.9 Å². The van der Waals surface area contributed by atoms with Crippen LogP contribution < -0.4 is 0 Å². The summed E-state index contributed by atoms with van der Waals surface area (Å²) in [5.41, 5.74) is 2.31. The van der Waals surface area contributed by atoms with E-state index in [1.54, 1.807) is 6.20 Å². The van der Waals surface area contributed by atoms with Crippen LogP contribution in [0.4, 0.5) is 0 Å². The zero-order valence-corrected chi connectivity index (χ0v) is 12.9. The molecule has 22 heavy (non-hydrogen) atoms. The van der Waals surface area contributed by atoms with Crippen LogP contribution in [0.3, 0.4) is 0 Å². The molecule has 0 bridgehead atoms. The molecule has 5 heteroatoms. The van der Waals surface area contributed by atoms with Crippen molar-refractivity contribution in [3.05, 3.63) is 53.6 Å². The number of hydrogen-bond acceptors (Lipinski definition) is 3. The van der Waals surface area contributed by atoms with Crippen LogP contribution in [0.25, 0.3) is 0 Å². The Labute approximate surface area is 130 Å². The summed E-state index contributed by atoms with van der Waals surface area (Å²) in [6, 6.07) is 8.09. The summed E-state index contributed by atoms with van der Waals surface area (Å²) in [4.78, 5) is 18.2. The van der Waals surface area contributed by atoms with Crippen LogP contribution >= 0.6 is 0 Å². The number of imidazole rings is 1. The first-order valence-electron chi connectivity index (χ1n) is 7.53. The monoisotopic (exact) mass is 299 g/mol. The SMILES string of the molecule is Cc1ccccc1[C@H]1CN(Cc2nccn2C)C[C@@H]1C(=O)O. The van der Waals surface area contributed by atoms with Gasteiger partial charge in [0.25, 0.3) is 0 Å². The molecule has 1 aromatic carbocycles. The highest BCUT2D eigenvalue weighted by Crippen LogP contribution is 2.35. The van der Waals surface area contributed by atoms with E-state index >= 15 is 0 Å². The van der Waals surface area contributed by atoms with Gasteiger partial charge < -0.3 is 9.67 Å². The molecule has 0 saturated carbocycles. The van der Waals surface area contributed by atoms with Crippen molar-refractivity contribution in [2.45, 2.75) is 19.4 Å². The van der Waals surface area contributed by atoms with Crippen LogP contribution in [0, 0.1) is 12.8 Å². The molecule has 2 aromatic rings. The highest BCUT2D eigenvalue weighted by molar-refractivity contribution is 5.72. The number of carboxylic acid groups (broad SMARTS) is 1. The topological polar surface area (TPSA) is 58.4 Å². The second kappa shape index (κ2) is 5.93. The van der Waals surface area contributed by atoms with Crippen molar-refractivity contribution in [2.24, 2.45) is 13.0 Å². The largest absolute Gasteiger partial charge is 0.481 e. The first-order chi connectivity index (χ1) is 10.6. The summed E-state index contributed by atoms with van der Waals surface area (Å²) in [5, 5.41) is 9.59. The predicted molar refractivity (Wildman–Crippen MR) is 83.5 cm³/mol. The number of rotatable bonds is 4. The van der Waals surface area contributed by atoms with Gasteiger partial charge in [-0.2, -0.15) is 0 Å². The van der Waals surface area contributed by atoms with E-state index < -0.39 is 5.97 Å². The minimum absolute atomic E-state index is 0.0407. The molecule has 116 valence electrons. The Balaban J connectivity index is 1.83. The molecule has 1 aliphatic heterocycles. The maximum atomic E-state index is 11.7. The second-order valence-corrected chi connectivity index (χ2v) is 6.06. The zero-order valence-electron chi connectivity index (χ0n) is 12.9. The summed E-state index contributed by atoms with van der Waals surface area (Å²) < 4.78 is 1.98. The molecule has 1 fully saturated rings. The van der Waals surface area contributed by atoms with E-state index in [0.29, 0.717) is 13.1 Å². The molecule has 0 spiro atoms. The molecule has 1 aliphatic rings. The summed E-state index contributed by atoms with van der Waals surface area (Å²) in [6.45, 7) is 4.07. The van der Waals surface area contributed by atoms with Gasteiger partial charge in [-0.1, -0.05) is 24.3 Å². The molecule has 2 heterocycles. The van der Waals surface area contributed by atoms with Crippen molar-refractivity contribution >= 4 is 5.97 Å². The van der Waals surface area contributed by atoms with Gasteiger partial charge in [0.15, 0.2) is 0 Å². The van der Waals surface area contributed by atoms with Gasteiger partial charge in [-0.25, -0.2) is 4.98 Å². The maximum absolute atomic E-state index is 11.7. The molecule has 1 N–H and O–H groups in total. The molecule has 0 amide bonds. The molecular weight excluding hydrogens is 278 g/mol. The van der Waals surface area contributed by atoms with Crippen molar-refractivity contribution < 1.29 is 9.90 Å². The Morgan fingerprint density at radius 3 is 2.77 bits per heavy atom. The molecule has 5 nitrogen and oxygen atoms in total. The molecule has 1 saturated heterocycles. The van der Waals surface area contributed by atoms with E-state index in [0.717, 1.165) is 23.5 Å². The fourth-order valence-corrected chi connectivity index (χ4v) is 3.33. The molecule has 2 atom stereocenters. The van der Waals surface area contributed by atoms with E-state index in [2.05, 4.69) is 28.9 Å². The Morgan fingerprint density at radius 2 is 2.14 bits per heavy atom. The van der Waals surface area contributed by atoms with Gasteiger partial charge >= 0.3 is 5.97 Å². The number of aliphatic carboxylic acids is 1. The number of carbonyl (C=O) groups is 1. The van der Waals surface area contributed by atoms with E-state index in [1.165, 1.54) is 0 Å². The van der Waals surface area contributed by atoms with E-state index in [1.807, 2.05) is 29.9 Å². The number of hydrogen-bond donors (Lipinski definition) is 1. The molecule has 1 aromatic heterocycles. The molecule has 0 unspecified atom stereocenters. The van der Waals surface area contributed by atoms with Gasteiger partial charge in [-0.15, -0.1) is 0 Å². The predicted octanol–water partition coefficient (Wildman–Crippen LogP) is 2.03. The van der Waals surface area contributed by atoms with Gasteiger partial charge in [-0.3, -0.25) is 9.69 Å². The van der Waals surface area contributed by atoms with Crippen molar-refractivity contribution in [3.8, 4) is 0 Å². The van der Waals surface area contributed by atoms with Crippen LogP contribution in [0.15, 0.2) is 36.7 Å². The summed E-state index contributed by atoms with van der Waals surface area (Å²) in [7, 11) is 1.96. The van der Waals surface area contributed by atoms with Crippen LogP contribution in [0.2, 0.25) is 0 Å². The lowest BCUT2D eigenvalue weighted by atomic mass is 9.86. The number of benzene rings is 1. The summed E-state index contributed by atoms with van der Waals surface area (Å²) in [6.07, 6.45) is 3.69. The maximum Gasteiger partial charge on any atom is 0.308 e. The summed E-state index contributed by atoms with van der Waals surface area (Å²) in [5.74, 6) is -0.0643. The van der Waals surface area contributed by atoms with Crippen molar-refractivity contribution in [1.29, 1.82) is 0 Å². The zero-order chi connectivity index (χ0) is 15.7. The Kier molecular flexibility index (Phi) is 3.98. The third kappa shape index (κ3) is 2.76. The normalized spacial score (nSPS) is 22.1. The second-order valence-electron chi connectivity index (χ2n) is 6.06. The van der Waals surface area contributed by atoms with E-state index in [-0.39, 0.29) is 11.8 Å². The van der Waals surface area contributed by atoms with Crippen LogP contribution in [-0.4, -0.2) is 38.6 Å². The van der Waals surface area contributed by atoms with E-state index in [9.17, 15) is 9.90 Å². The Bertz CT molecular complexity index is 680. The van der Waals surface area contributed by atoms with Crippen LogP contribution in [-0.2, 0) is 18.4 Å². The smallest absolute Gasteiger partial charge is 0.308 e. The van der Waals surface area contributed by atoms with Gasteiger partial charge in [0, 0.05) is 38.4 Å². The third-order valence-corrected chi connectivity index (χ3v) is 4.59. The molecular formula is C17H21N3O2. The molecule has 3 rings (SSSR count). The number of aryl methyl sites for hydroxylation is 2. The van der Waals surface area contributed by atoms with Crippen molar-refractivity contribution in [3.63, 3.8) is 0 Å². The minimum atomic E-state index is -0.712. The van der Waals surface area contributed by atoms with Gasteiger partial charge in [0.2, 0.25) is 0 Å². The molecule has 0 radical (unpaired) electrons. The lowest BCUT2D eigenvalue weighted by molar-refractivity contribution is -0.141. The van der Waals surface area contributed by atoms with Crippen molar-refractivity contribution in [2.75, 3.05) is 13.1 Å². The fraction of sp³-hybridized carbons (Fsp3) is 0.412. The number of aromatic nitrogens is 2. The first kappa shape index (κ1) is 14.8. The Hall–Kier alpha value is -2.14. The van der Waals surface area contributed by atoms with Gasteiger partial charge in [0.05, 0.1) is 12.5 Å². The van der Waals surface area contributed by atoms with Gasteiger partial charge in [0.1, 0.15) is 5.82 Å². The van der Waals surface area contributed by atoms with Crippen LogP contribution in [0.5, 0.6) is 0 Å². The number of carboxylic acids is 1. The quantitative estimate of drug-likeness (QED) is 0.938. The highest BCUT2D eigenvalue weighted by Gasteiger charge is 2.39. The average molecular weight is 299 g/mol. The Morgan fingerprint density at radius 1 is 1.36 bits per heavy atom. The van der Waals surface area contributed by atoms with Crippen molar-refractivity contribution in [1.82, 2.24) is 14.5 Å². The van der Waals surface area contributed by atoms with Gasteiger partial charge in [-0.05, 0) is 18.1 Å². The lowest BCUT2D eigenvalue weighted by Crippen LogP contribution is -2.24. The lowest BCUT2D eigenvalue weighted by Gasteiger charge is -2.18. The first-order valence-corrected chi connectivity index (χ1v) is 7.53. The molecule has 0 aliphatic carbocycles.